The fraction of sp³-hybridized carbons (Fsp3) is 0.222. The first-order chi connectivity index (χ1) is 7.86. The molecule has 2 N–H and O–H groups in total. The van der Waals surface area contributed by atoms with Crippen LogP contribution in [0.5, 0.6) is 0 Å². The van der Waals surface area contributed by atoms with E-state index in [9.17, 15) is 13.2 Å². The van der Waals surface area contributed by atoms with Crippen molar-refractivity contribution in [1.29, 1.82) is 0 Å². The van der Waals surface area contributed by atoms with Crippen LogP contribution < -0.4 is 4.72 Å². The van der Waals surface area contributed by atoms with E-state index in [4.69, 9.17) is 11.5 Å². The summed E-state index contributed by atoms with van der Waals surface area (Å²) in [5.41, 5.74) is 0. The summed E-state index contributed by atoms with van der Waals surface area (Å²) in [5.74, 6) is 0.811. The number of aliphatic carboxylic acids is 1. The number of terminal acetylenes is 1. The van der Waals surface area contributed by atoms with Gasteiger partial charge < -0.3 is 5.11 Å². The quantitative estimate of drug-likeness (QED) is 0.792. The summed E-state index contributed by atoms with van der Waals surface area (Å²) < 4.78 is 26.3. The molecule has 1 atom stereocenters. The Morgan fingerprint density at radius 3 is 2.71 bits per heavy atom. The summed E-state index contributed by atoms with van der Waals surface area (Å²) >= 11 is 4.12. The maximum Gasteiger partial charge on any atom is 0.322 e. The molecule has 0 aliphatic rings. The highest BCUT2D eigenvalue weighted by Crippen LogP contribution is 2.26. The minimum absolute atomic E-state index is 0.0349. The van der Waals surface area contributed by atoms with E-state index in [1.807, 2.05) is 4.72 Å². The monoisotopic (exact) mass is 337 g/mol. The van der Waals surface area contributed by atoms with Crippen molar-refractivity contribution >= 4 is 43.3 Å². The predicted molar refractivity (Wildman–Crippen MR) is 67.2 cm³/mol. The van der Waals surface area contributed by atoms with Crippen molar-refractivity contribution in [2.24, 2.45) is 0 Å². The van der Waals surface area contributed by atoms with Crippen LogP contribution in [0.2, 0.25) is 0 Å². The van der Waals surface area contributed by atoms with Crippen molar-refractivity contribution in [3.8, 4) is 12.3 Å². The Morgan fingerprint density at radius 2 is 2.29 bits per heavy atom. The lowest BCUT2D eigenvalue weighted by molar-refractivity contribution is -0.138. The highest BCUT2D eigenvalue weighted by molar-refractivity contribution is 9.11. The third kappa shape index (κ3) is 3.81. The average molecular weight is 338 g/mol. The fourth-order valence-electron chi connectivity index (χ4n) is 0.985. The number of carbonyl (C=O) groups is 1. The average Bonchev–Trinajstić information content (AvgIpc) is 2.64. The molecular formula is C9H8BrNO4S2. The predicted octanol–water partition coefficient (Wildman–Crippen LogP) is 1.27. The van der Waals surface area contributed by atoms with E-state index >= 15 is 0 Å². The second-order valence-corrected chi connectivity index (χ2v) is 7.38. The Morgan fingerprint density at radius 1 is 1.65 bits per heavy atom. The van der Waals surface area contributed by atoms with Gasteiger partial charge in [-0.05, 0) is 28.1 Å². The first-order valence-corrected chi connectivity index (χ1v) is 7.40. The molecule has 0 fully saturated rings. The molecule has 1 aromatic rings. The van der Waals surface area contributed by atoms with Gasteiger partial charge >= 0.3 is 5.97 Å². The van der Waals surface area contributed by atoms with E-state index in [-0.39, 0.29) is 10.6 Å². The Hall–Kier alpha value is -0.880. The SMILES string of the molecule is C#CCC(NS(=O)(=O)c1ccc(Br)s1)C(=O)O. The van der Waals surface area contributed by atoms with Crippen LogP contribution in [-0.2, 0) is 14.8 Å². The van der Waals surface area contributed by atoms with Crippen molar-refractivity contribution in [3.63, 3.8) is 0 Å². The van der Waals surface area contributed by atoms with Crippen molar-refractivity contribution in [1.82, 2.24) is 4.72 Å². The van der Waals surface area contributed by atoms with Crippen LogP contribution in [0, 0.1) is 12.3 Å². The zero-order valence-corrected chi connectivity index (χ0v) is 11.6. The largest absolute Gasteiger partial charge is 0.480 e. The van der Waals surface area contributed by atoms with Crippen LogP contribution in [0.4, 0.5) is 0 Å². The van der Waals surface area contributed by atoms with Gasteiger partial charge in [-0.3, -0.25) is 4.79 Å². The summed E-state index contributed by atoms with van der Waals surface area (Å²) in [6.45, 7) is 0. The van der Waals surface area contributed by atoms with E-state index in [0.29, 0.717) is 3.79 Å². The minimum Gasteiger partial charge on any atom is -0.480 e. The number of hydrogen-bond donors (Lipinski definition) is 2. The summed E-state index contributed by atoms with van der Waals surface area (Å²) in [7, 11) is -3.84. The van der Waals surface area contributed by atoms with Crippen LogP contribution in [0.25, 0.3) is 0 Å². The topological polar surface area (TPSA) is 83.5 Å². The fourth-order valence-corrected chi connectivity index (χ4v) is 4.20. The van der Waals surface area contributed by atoms with E-state index in [0.717, 1.165) is 11.3 Å². The first-order valence-electron chi connectivity index (χ1n) is 4.31. The molecule has 0 radical (unpaired) electrons. The molecule has 1 heterocycles. The highest BCUT2D eigenvalue weighted by atomic mass is 79.9. The standard InChI is InChI=1S/C9H8BrNO4S2/c1-2-3-6(9(12)13)11-17(14,15)8-5-4-7(10)16-8/h1,4-6,11H,3H2,(H,12,13). The van der Waals surface area contributed by atoms with E-state index in [2.05, 4.69) is 21.9 Å². The van der Waals surface area contributed by atoms with Crippen molar-refractivity contribution in [3.05, 3.63) is 15.9 Å². The maximum atomic E-state index is 11.8. The smallest absolute Gasteiger partial charge is 0.322 e. The van der Waals surface area contributed by atoms with Gasteiger partial charge in [0.2, 0.25) is 0 Å². The van der Waals surface area contributed by atoms with Gasteiger partial charge in [0, 0.05) is 6.42 Å². The molecule has 1 unspecified atom stereocenters. The molecule has 0 aliphatic heterocycles. The van der Waals surface area contributed by atoms with Gasteiger partial charge in [0.1, 0.15) is 10.3 Å². The molecule has 0 aromatic carbocycles. The number of thiophene rings is 1. The molecule has 0 aliphatic carbocycles. The van der Waals surface area contributed by atoms with Crippen LogP contribution in [0.3, 0.4) is 0 Å². The minimum atomic E-state index is -3.84. The summed E-state index contributed by atoms with van der Waals surface area (Å²) in [4.78, 5) is 10.8. The van der Waals surface area contributed by atoms with Crippen molar-refractivity contribution in [2.45, 2.75) is 16.7 Å². The Bertz CT molecular complexity index is 558. The van der Waals surface area contributed by atoms with E-state index in [1.54, 1.807) is 6.07 Å². The van der Waals surface area contributed by atoms with Crippen LogP contribution >= 0.6 is 27.3 Å². The highest BCUT2D eigenvalue weighted by Gasteiger charge is 2.25. The third-order valence-corrected chi connectivity index (χ3v) is 5.32. The molecule has 1 aromatic heterocycles. The summed E-state index contributed by atoms with van der Waals surface area (Å²) in [5, 5.41) is 8.79. The second-order valence-electron chi connectivity index (χ2n) is 2.98. The number of sulfonamides is 1. The van der Waals surface area contributed by atoms with Gasteiger partial charge in [-0.15, -0.1) is 23.7 Å². The van der Waals surface area contributed by atoms with Crippen molar-refractivity contribution < 1.29 is 18.3 Å². The maximum absolute atomic E-state index is 11.8. The lowest BCUT2D eigenvalue weighted by atomic mass is 10.2. The van der Waals surface area contributed by atoms with Gasteiger partial charge in [0.15, 0.2) is 0 Å². The zero-order chi connectivity index (χ0) is 13.1. The number of nitrogens with one attached hydrogen (secondary N) is 1. The number of rotatable bonds is 5. The third-order valence-electron chi connectivity index (χ3n) is 1.73. The molecule has 5 nitrogen and oxygen atoms in total. The number of hydrogen-bond acceptors (Lipinski definition) is 4. The molecular weight excluding hydrogens is 330 g/mol. The zero-order valence-electron chi connectivity index (χ0n) is 8.38. The van der Waals surface area contributed by atoms with Crippen molar-refractivity contribution in [2.75, 3.05) is 0 Å². The molecule has 8 heteroatoms. The van der Waals surface area contributed by atoms with E-state index < -0.39 is 22.0 Å². The van der Waals surface area contributed by atoms with Gasteiger partial charge in [-0.1, -0.05) is 0 Å². The van der Waals surface area contributed by atoms with Gasteiger partial charge in [0.05, 0.1) is 3.79 Å². The van der Waals surface area contributed by atoms with E-state index in [1.165, 1.54) is 6.07 Å². The van der Waals surface area contributed by atoms with Gasteiger partial charge in [-0.2, -0.15) is 4.72 Å². The Kier molecular flexibility index (Phi) is 4.70. The lowest BCUT2D eigenvalue weighted by Gasteiger charge is -2.10. The van der Waals surface area contributed by atoms with Gasteiger partial charge in [0.25, 0.3) is 10.0 Å². The summed E-state index contributed by atoms with van der Waals surface area (Å²) in [6, 6.07) is 1.63. The number of carboxylic acids is 1. The first kappa shape index (κ1) is 14.2. The van der Waals surface area contributed by atoms with Crippen LogP contribution in [0.1, 0.15) is 6.42 Å². The molecule has 0 saturated heterocycles. The Labute approximate surface area is 111 Å². The molecule has 17 heavy (non-hydrogen) atoms. The second kappa shape index (κ2) is 5.64. The molecule has 0 spiro atoms. The number of halogens is 1. The molecule has 1 rings (SSSR count). The van der Waals surface area contributed by atoms with Gasteiger partial charge in [-0.25, -0.2) is 8.42 Å². The number of carboxylic acid groups (broad SMARTS) is 1. The van der Waals surface area contributed by atoms with Crippen LogP contribution in [0.15, 0.2) is 20.1 Å². The molecule has 92 valence electrons. The molecule has 0 saturated carbocycles. The Balaban J connectivity index is 2.93. The lowest BCUT2D eigenvalue weighted by Crippen LogP contribution is -2.40. The molecule has 0 bridgehead atoms. The molecule has 0 amide bonds. The van der Waals surface area contributed by atoms with Crippen LogP contribution in [-0.4, -0.2) is 25.5 Å². The summed E-state index contributed by atoms with van der Waals surface area (Å²) in [6.07, 6.45) is 4.77. The normalized spacial score (nSPS) is 12.9.